The lowest BCUT2D eigenvalue weighted by molar-refractivity contribution is -0.140. The van der Waals surface area contributed by atoms with Crippen molar-refractivity contribution >= 4 is 23.3 Å². The van der Waals surface area contributed by atoms with Crippen LogP contribution in [0.2, 0.25) is 5.02 Å². The van der Waals surface area contributed by atoms with Gasteiger partial charge in [-0.15, -0.1) is 0 Å². The molecule has 1 aromatic carbocycles. The Bertz CT molecular complexity index is 405. The summed E-state index contributed by atoms with van der Waals surface area (Å²) in [7, 11) is 5.37. The lowest BCUT2D eigenvalue weighted by Crippen LogP contribution is -2.09. The van der Waals surface area contributed by atoms with Crippen LogP contribution in [0.5, 0.6) is 0 Å². The Balaban J connectivity index is 2.48. The van der Waals surface area contributed by atoms with Crippen molar-refractivity contribution in [1.82, 2.24) is 0 Å². The molecule has 0 heterocycles. The zero-order valence-corrected chi connectivity index (χ0v) is 12.0. The summed E-state index contributed by atoms with van der Waals surface area (Å²) in [6.45, 7) is 0. The Morgan fingerprint density at radius 3 is 2.67 bits per heavy atom. The summed E-state index contributed by atoms with van der Waals surface area (Å²) in [5, 5.41) is 0.762. The number of anilines is 1. The highest BCUT2D eigenvalue weighted by molar-refractivity contribution is 6.33. The SMILES string of the molecule is COC(=O)CCCCc1ccc(Cl)c(N(C)C)c1. The van der Waals surface area contributed by atoms with E-state index in [9.17, 15) is 4.79 Å². The number of halogens is 1. The van der Waals surface area contributed by atoms with E-state index in [0.29, 0.717) is 6.42 Å². The molecule has 3 nitrogen and oxygen atoms in total. The Kier molecular flexibility index (Phi) is 5.99. The van der Waals surface area contributed by atoms with Crippen molar-refractivity contribution in [2.24, 2.45) is 0 Å². The van der Waals surface area contributed by atoms with Gasteiger partial charge in [0, 0.05) is 20.5 Å². The number of hydrogen-bond acceptors (Lipinski definition) is 3. The van der Waals surface area contributed by atoms with Crippen LogP contribution in [0.4, 0.5) is 5.69 Å². The van der Waals surface area contributed by atoms with E-state index in [4.69, 9.17) is 11.6 Å². The lowest BCUT2D eigenvalue weighted by atomic mass is 10.1. The topological polar surface area (TPSA) is 29.5 Å². The summed E-state index contributed by atoms with van der Waals surface area (Å²) >= 11 is 6.11. The largest absolute Gasteiger partial charge is 0.469 e. The van der Waals surface area contributed by atoms with Gasteiger partial charge in [-0.25, -0.2) is 0 Å². The Morgan fingerprint density at radius 1 is 1.33 bits per heavy atom. The molecule has 100 valence electrons. The molecule has 0 saturated carbocycles. The summed E-state index contributed by atoms with van der Waals surface area (Å²) < 4.78 is 4.61. The summed E-state index contributed by atoms with van der Waals surface area (Å²) in [6, 6.07) is 6.06. The number of carbonyl (C=O) groups excluding carboxylic acids is 1. The first-order valence-electron chi connectivity index (χ1n) is 6.07. The van der Waals surface area contributed by atoms with Crippen LogP contribution in [0.1, 0.15) is 24.8 Å². The highest BCUT2D eigenvalue weighted by atomic mass is 35.5. The highest BCUT2D eigenvalue weighted by Gasteiger charge is 2.05. The minimum atomic E-state index is -0.139. The third-order valence-electron chi connectivity index (χ3n) is 2.82. The molecule has 0 aliphatic carbocycles. The van der Waals surface area contributed by atoms with Crippen molar-refractivity contribution in [3.05, 3.63) is 28.8 Å². The van der Waals surface area contributed by atoms with Crippen molar-refractivity contribution in [3.8, 4) is 0 Å². The number of nitrogens with zero attached hydrogens (tertiary/aromatic N) is 1. The van der Waals surface area contributed by atoms with E-state index in [1.165, 1.54) is 12.7 Å². The van der Waals surface area contributed by atoms with E-state index < -0.39 is 0 Å². The van der Waals surface area contributed by atoms with Crippen LogP contribution in [0.3, 0.4) is 0 Å². The monoisotopic (exact) mass is 269 g/mol. The van der Waals surface area contributed by atoms with Crippen molar-refractivity contribution in [3.63, 3.8) is 0 Å². The summed E-state index contributed by atoms with van der Waals surface area (Å²) in [6.07, 6.45) is 3.27. The van der Waals surface area contributed by atoms with Gasteiger partial charge in [-0.3, -0.25) is 4.79 Å². The zero-order chi connectivity index (χ0) is 13.5. The molecule has 1 aromatic rings. The first-order chi connectivity index (χ1) is 8.54. The molecule has 0 N–H and O–H groups in total. The predicted molar refractivity (Wildman–Crippen MR) is 75.4 cm³/mol. The molecule has 0 spiro atoms. The highest BCUT2D eigenvalue weighted by Crippen LogP contribution is 2.25. The molecule has 0 amide bonds. The van der Waals surface area contributed by atoms with Gasteiger partial charge < -0.3 is 9.64 Å². The number of aryl methyl sites for hydroxylation is 1. The summed E-state index contributed by atoms with van der Waals surface area (Å²) in [5.74, 6) is -0.139. The number of rotatable bonds is 6. The Hall–Kier alpha value is -1.22. The van der Waals surface area contributed by atoms with Gasteiger partial charge in [0.1, 0.15) is 0 Å². The van der Waals surface area contributed by atoms with E-state index in [-0.39, 0.29) is 5.97 Å². The first-order valence-corrected chi connectivity index (χ1v) is 6.45. The average Bonchev–Trinajstić information content (AvgIpc) is 2.35. The maximum atomic E-state index is 11.0. The van der Waals surface area contributed by atoms with Gasteiger partial charge in [0.25, 0.3) is 0 Å². The molecule has 0 fully saturated rings. The average molecular weight is 270 g/mol. The number of ether oxygens (including phenoxy) is 1. The fraction of sp³-hybridized carbons (Fsp3) is 0.500. The number of carbonyl (C=O) groups is 1. The fourth-order valence-corrected chi connectivity index (χ4v) is 2.04. The number of methoxy groups -OCH3 is 1. The van der Waals surface area contributed by atoms with Gasteiger partial charge in [-0.2, -0.15) is 0 Å². The molecule has 0 atom stereocenters. The van der Waals surface area contributed by atoms with E-state index in [2.05, 4.69) is 10.8 Å². The van der Waals surface area contributed by atoms with Crippen molar-refractivity contribution in [1.29, 1.82) is 0 Å². The molecule has 0 aromatic heterocycles. The normalized spacial score (nSPS) is 10.2. The molecule has 0 radical (unpaired) electrons. The van der Waals surface area contributed by atoms with Crippen molar-refractivity contribution in [2.75, 3.05) is 26.1 Å². The summed E-state index contributed by atoms with van der Waals surface area (Å²) in [4.78, 5) is 13.0. The van der Waals surface area contributed by atoms with Crippen LogP contribution >= 0.6 is 11.6 Å². The molecule has 0 aliphatic rings. The van der Waals surface area contributed by atoms with Gasteiger partial charge in [-0.05, 0) is 37.0 Å². The van der Waals surface area contributed by atoms with Crippen LogP contribution < -0.4 is 4.90 Å². The van der Waals surface area contributed by atoms with E-state index in [0.717, 1.165) is 30.0 Å². The fourth-order valence-electron chi connectivity index (χ4n) is 1.76. The minimum Gasteiger partial charge on any atom is -0.469 e. The molecule has 0 bridgehead atoms. The van der Waals surface area contributed by atoms with Gasteiger partial charge in [0.05, 0.1) is 17.8 Å². The molecule has 18 heavy (non-hydrogen) atoms. The molecule has 0 unspecified atom stereocenters. The minimum absolute atomic E-state index is 0.139. The molecule has 0 saturated heterocycles. The van der Waals surface area contributed by atoms with Crippen LogP contribution in [0.25, 0.3) is 0 Å². The standard InChI is InChI=1S/C14H20ClNO2/c1-16(2)13-10-11(8-9-12(13)15)6-4-5-7-14(17)18-3/h8-10H,4-7H2,1-3H3. The lowest BCUT2D eigenvalue weighted by Gasteiger charge is -2.15. The van der Waals surface area contributed by atoms with Crippen LogP contribution in [-0.4, -0.2) is 27.2 Å². The zero-order valence-electron chi connectivity index (χ0n) is 11.2. The molecule has 0 aliphatic heterocycles. The maximum Gasteiger partial charge on any atom is 0.305 e. The van der Waals surface area contributed by atoms with Gasteiger partial charge in [0.2, 0.25) is 0 Å². The third-order valence-corrected chi connectivity index (χ3v) is 3.14. The smallest absolute Gasteiger partial charge is 0.305 e. The molecule has 1 rings (SSSR count). The second-order valence-electron chi connectivity index (χ2n) is 4.46. The summed E-state index contributed by atoms with van der Waals surface area (Å²) in [5.41, 5.74) is 2.27. The molecule has 4 heteroatoms. The third kappa shape index (κ3) is 4.57. The quantitative estimate of drug-likeness (QED) is 0.586. The van der Waals surface area contributed by atoms with E-state index in [1.54, 1.807) is 0 Å². The van der Waals surface area contributed by atoms with Gasteiger partial charge in [0.15, 0.2) is 0 Å². The number of unbranched alkanes of at least 4 members (excludes halogenated alkanes) is 1. The maximum absolute atomic E-state index is 11.0. The molecular formula is C14H20ClNO2. The van der Waals surface area contributed by atoms with Crippen molar-refractivity contribution in [2.45, 2.75) is 25.7 Å². The van der Waals surface area contributed by atoms with Crippen molar-refractivity contribution < 1.29 is 9.53 Å². The Labute approximate surface area is 114 Å². The number of esters is 1. The second kappa shape index (κ2) is 7.27. The Morgan fingerprint density at radius 2 is 2.06 bits per heavy atom. The van der Waals surface area contributed by atoms with Crippen LogP contribution in [-0.2, 0) is 16.0 Å². The van der Waals surface area contributed by atoms with E-state index in [1.807, 2.05) is 31.1 Å². The van der Waals surface area contributed by atoms with Gasteiger partial charge in [-0.1, -0.05) is 17.7 Å². The van der Waals surface area contributed by atoms with Crippen LogP contribution in [0.15, 0.2) is 18.2 Å². The predicted octanol–water partition coefficient (Wildman–Crippen LogP) is 3.29. The number of hydrogen-bond donors (Lipinski definition) is 0. The molecular weight excluding hydrogens is 250 g/mol. The van der Waals surface area contributed by atoms with Gasteiger partial charge >= 0.3 is 5.97 Å². The van der Waals surface area contributed by atoms with Crippen LogP contribution in [0, 0.1) is 0 Å². The first kappa shape index (κ1) is 14.8. The second-order valence-corrected chi connectivity index (χ2v) is 4.87. The number of benzene rings is 1. The van der Waals surface area contributed by atoms with E-state index >= 15 is 0 Å².